The molecule has 0 saturated heterocycles. The summed E-state index contributed by atoms with van der Waals surface area (Å²) in [7, 11) is -1.28. The predicted octanol–water partition coefficient (Wildman–Crippen LogP) is 2.47. The number of anilines is 1. The second-order valence-corrected chi connectivity index (χ2v) is 9.15. The van der Waals surface area contributed by atoms with Gasteiger partial charge in [-0.1, -0.05) is 30.3 Å². The molecule has 8 nitrogen and oxygen atoms in total. The van der Waals surface area contributed by atoms with E-state index in [1.165, 1.54) is 6.07 Å². The second kappa shape index (κ2) is 11.4. The third kappa shape index (κ3) is 6.30. The molecule has 0 unspecified atom stereocenters. The minimum atomic E-state index is -1.28. The largest absolute Gasteiger partial charge is 0.547 e. The van der Waals surface area contributed by atoms with Crippen LogP contribution in [0.25, 0.3) is 0 Å². The van der Waals surface area contributed by atoms with Crippen molar-refractivity contribution in [1.82, 2.24) is 10.6 Å². The smallest absolute Gasteiger partial charge is 0.534 e. The first-order valence-electron chi connectivity index (χ1n) is 12.0. The van der Waals surface area contributed by atoms with Crippen molar-refractivity contribution >= 4 is 24.7 Å². The number of fused-ring (bicyclic) bond motifs is 1. The maximum atomic E-state index is 12.6. The van der Waals surface area contributed by atoms with Crippen LogP contribution in [0.2, 0.25) is 0 Å². The summed E-state index contributed by atoms with van der Waals surface area (Å²) in [5.74, 6) is -1.30. The highest BCUT2D eigenvalue weighted by Gasteiger charge is 2.38. The SMILES string of the molecule is O=C(C[C@H]1CC[C@H](NCCNc2ccccc2)CC1)N[C@H]1Cc2cccc(C(=O)O)c2OB1O. The lowest BCUT2D eigenvalue weighted by molar-refractivity contribution is -0.122. The summed E-state index contributed by atoms with van der Waals surface area (Å²) in [6.07, 6.45) is 4.83. The van der Waals surface area contributed by atoms with Gasteiger partial charge in [0.05, 0.1) is 11.5 Å². The number of carboxylic acid groups (broad SMARTS) is 1. The Balaban J connectivity index is 1.17. The van der Waals surface area contributed by atoms with Gasteiger partial charge in [0.1, 0.15) is 5.75 Å². The Hall–Kier alpha value is -3.04. The molecule has 1 amide bonds. The van der Waals surface area contributed by atoms with Crippen molar-refractivity contribution in [3.63, 3.8) is 0 Å². The van der Waals surface area contributed by atoms with Crippen LogP contribution in [0.3, 0.4) is 0 Å². The average Bonchev–Trinajstić information content (AvgIpc) is 2.83. The van der Waals surface area contributed by atoms with Crippen molar-refractivity contribution in [2.24, 2.45) is 5.92 Å². The van der Waals surface area contributed by atoms with Gasteiger partial charge < -0.3 is 30.7 Å². The molecule has 5 N–H and O–H groups in total. The van der Waals surface area contributed by atoms with Crippen LogP contribution < -0.4 is 20.6 Å². The van der Waals surface area contributed by atoms with Gasteiger partial charge >= 0.3 is 13.1 Å². The number of hydrogen-bond acceptors (Lipinski definition) is 6. The number of para-hydroxylation sites is 2. The Kier molecular flexibility index (Phi) is 8.08. The van der Waals surface area contributed by atoms with E-state index in [0.29, 0.717) is 30.4 Å². The van der Waals surface area contributed by atoms with Crippen LogP contribution in [0.15, 0.2) is 48.5 Å². The molecule has 2 aliphatic rings. The standard InChI is InChI=1S/C25H32BN3O5/c30-23(29-22-16-18-5-4-8-21(25(31)32)24(18)34-26(22)33)15-17-9-11-20(12-10-17)28-14-13-27-19-6-2-1-3-7-19/h1-8,17,20,22,27-28,33H,9-16H2,(H,29,30)(H,31,32)/t17-,20-,22-/m0/s1. The van der Waals surface area contributed by atoms with Crippen molar-refractivity contribution < 1.29 is 24.4 Å². The van der Waals surface area contributed by atoms with Crippen molar-refractivity contribution in [3.05, 3.63) is 59.7 Å². The van der Waals surface area contributed by atoms with Crippen LogP contribution in [0.1, 0.15) is 48.0 Å². The molecular weight excluding hydrogens is 433 g/mol. The van der Waals surface area contributed by atoms with Crippen LogP contribution in [0.4, 0.5) is 5.69 Å². The van der Waals surface area contributed by atoms with E-state index in [9.17, 15) is 19.7 Å². The molecule has 0 bridgehead atoms. The Morgan fingerprint density at radius 2 is 1.76 bits per heavy atom. The van der Waals surface area contributed by atoms with Gasteiger partial charge in [-0.2, -0.15) is 0 Å². The molecule has 9 heteroatoms. The van der Waals surface area contributed by atoms with Gasteiger partial charge in [-0.05, 0) is 61.8 Å². The van der Waals surface area contributed by atoms with E-state index >= 15 is 0 Å². The fourth-order valence-electron chi connectivity index (χ4n) is 4.85. The maximum absolute atomic E-state index is 12.6. The molecule has 0 radical (unpaired) electrons. The Labute approximate surface area is 200 Å². The van der Waals surface area contributed by atoms with E-state index in [2.05, 4.69) is 28.1 Å². The number of carbonyl (C=O) groups is 2. The number of benzene rings is 2. The highest BCUT2D eigenvalue weighted by atomic mass is 16.5. The molecule has 180 valence electrons. The van der Waals surface area contributed by atoms with Gasteiger partial charge in [0.15, 0.2) is 0 Å². The van der Waals surface area contributed by atoms with E-state index < -0.39 is 19.0 Å². The fourth-order valence-corrected chi connectivity index (χ4v) is 4.85. The topological polar surface area (TPSA) is 120 Å². The number of amides is 1. The van der Waals surface area contributed by atoms with Gasteiger partial charge in [0.25, 0.3) is 0 Å². The van der Waals surface area contributed by atoms with Crippen LogP contribution in [-0.4, -0.2) is 54.2 Å². The number of aromatic carboxylic acids is 1. The Morgan fingerprint density at radius 3 is 2.50 bits per heavy atom. The van der Waals surface area contributed by atoms with Crippen LogP contribution >= 0.6 is 0 Å². The lowest BCUT2D eigenvalue weighted by atomic mass is 9.72. The summed E-state index contributed by atoms with van der Waals surface area (Å²) in [6.45, 7) is 1.77. The lowest BCUT2D eigenvalue weighted by Crippen LogP contribution is -2.53. The number of nitrogens with one attached hydrogen (secondary N) is 3. The van der Waals surface area contributed by atoms with Gasteiger partial charge in [0, 0.05) is 31.2 Å². The molecular formula is C25H32BN3O5. The Bertz CT molecular complexity index is 982. The molecule has 1 aliphatic carbocycles. The van der Waals surface area contributed by atoms with E-state index in [1.807, 2.05) is 18.2 Å². The molecule has 0 aromatic heterocycles. The predicted molar refractivity (Wildman–Crippen MR) is 131 cm³/mol. The first kappa shape index (κ1) is 24.1. The maximum Gasteiger partial charge on any atom is 0.547 e. The van der Waals surface area contributed by atoms with E-state index in [-0.39, 0.29) is 17.2 Å². The Morgan fingerprint density at radius 1 is 1.00 bits per heavy atom. The average molecular weight is 465 g/mol. The third-order valence-corrected chi connectivity index (χ3v) is 6.68. The first-order chi connectivity index (χ1) is 16.5. The van der Waals surface area contributed by atoms with E-state index in [0.717, 1.165) is 44.5 Å². The molecule has 1 heterocycles. The molecule has 1 saturated carbocycles. The minimum absolute atomic E-state index is 0.0162. The van der Waals surface area contributed by atoms with Crippen molar-refractivity contribution in [3.8, 4) is 5.75 Å². The highest BCUT2D eigenvalue weighted by molar-refractivity contribution is 6.47. The molecule has 0 spiro atoms. The summed E-state index contributed by atoms with van der Waals surface area (Å²) >= 11 is 0. The number of rotatable bonds is 9. The summed E-state index contributed by atoms with van der Waals surface area (Å²) in [5.41, 5.74) is 1.81. The summed E-state index contributed by atoms with van der Waals surface area (Å²) in [6, 6.07) is 15.5. The molecule has 1 atom stereocenters. The number of carbonyl (C=O) groups excluding carboxylic acids is 1. The lowest BCUT2D eigenvalue weighted by Gasteiger charge is -2.31. The fraction of sp³-hybridized carbons (Fsp3) is 0.440. The molecule has 4 rings (SSSR count). The zero-order valence-electron chi connectivity index (χ0n) is 19.2. The van der Waals surface area contributed by atoms with Crippen molar-refractivity contribution in [1.29, 1.82) is 0 Å². The monoisotopic (exact) mass is 465 g/mol. The normalized spacial score (nSPS) is 21.8. The first-order valence-corrected chi connectivity index (χ1v) is 12.0. The van der Waals surface area contributed by atoms with Gasteiger partial charge in [-0.25, -0.2) is 4.79 Å². The summed E-state index contributed by atoms with van der Waals surface area (Å²) in [5, 5.41) is 29.5. The van der Waals surface area contributed by atoms with E-state index in [1.54, 1.807) is 12.1 Å². The molecule has 2 aromatic carbocycles. The van der Waals surface area contributed by atoms with Gasteiger partial charge in [-0.15, -0.1) is 0 Å². The molecule has 34 heavy (non-hydrogen) atoms. The van der Waals surface area contributed by atoms with Crippen LogP contribution in [-0.2, 0) is 11.2 Å². The number of carboxylic acids is 1. The van der Waals surface area contributed by atoms with E-state index in [4.69, 9.17) is 4.65 Å². The molecule has 1 fully saturated rings. The quantitative estimate of drug-likeness (QED) is 0.285. The minimum Gasteiger partial charge on any atom is -0.534 e. The summed E-state index contributed by atoms with van der Waals surface area (Å²) < 4.78 is 5.46. The number of hydrogen-bond donors (Lipinski definition) is 5. The molecule has 1 aliphatic heterocycles. The van der Waals surface area contributed by atoms with Crippen LogP contribution in [0.5, 0.6) is 5.75 Å². The zero-order chi connectivity index (χ0) is 23.9. The van der Waals surface area contributed by atoms with Gasteiger partial charge in [0.2, 0.25) is 5.91 Å². The molecule has 2 aromatic rings. The third-order valence-electron chi connectivity index (χ3n) is 6.68. The van der Waals surface area contributed by atoms with Gasteiger partial charge in [-0.3, -0.25) is 4.79 Å². The second-order valence-electron chi connectivity index (χ2n) is 9.15. The van der Waals surface area contributed by atoms with Crippen molar-refractivity contribution in [2.75, 3.05) is 18.4 Å². The van der Waals surface area contributed by atoms with Crippen LogP contribution in [0, 0.1) is 5.92 Å². The summed E-state index contributed by atoms with van der Waals surface area (Å²) in [4.78, 5) is 24.0. The van der Waals surface area contributed by atoms with Crippen molar-refractivity contribution in [2.45, 2.75) is 50.5 Å². The highest BCUT2D eigenvalue weighted by Crippen LogP contribution is 2.31. The zero-order valence-corrected chi connectivity index (χ0v) is 19.2.